The molecule has 0 N–H and O–H groups in total. The standard InChI is InChI=1S/C23H27FN2O2/c24-21-9-2-1-8-20(21)23(10-14-28-15-11-23)22(27)26-13-5-6-18(17-26)16-19-7-3-4-12-25-19/h1-4,7-9,12,18H,5-6,10-11,13-17H2/t18-/m1/s1. The van der Waals surface area contributed by atoms with Gasteiger partial charge in [0.15, 0.2) is 0 Å². The number of likely N-dealkylation sites (tertiary alicyclic amines) is 1. The third kappa shape index (κ3) is 3.81. The highest BCUT2D eigenvalue weighted by Gasteiger charge is 2.46. The Bertz CT molecular complexity index is 805. The Hall–Kier alpha value is -2.27. The number of carbonyl (C=O) groups excluding carboxylic acids is 1. The van der Waals surface area contributed by atoms with Gasteiger partial charge in [0.25, 0.3) is 0 Å². The van der Waals surface area contributed by atoms with Crippen LogP contribution in [0.25, 0.3) is 0 Å². The molecule has 2 fully saturated rings. The molecule has 4 rings (SSSR count). The van der Waals surface area contributed by atoms with Gasteiger partial charge >= 0.3 is 0 Å². The predicted molar refractivity (Wildman–Crippen MR) is 105 cm³/mol. The normalized spacial score (nSPS) is 22.0. The van der Waals surface area contributed by atoms with Gasteiger partial charge in [0, 0.05) is 43.8 Å². The maximum Gasteiger partial charge on any atom is 0.233 e. The van der Waals surface area contributed by atoms with E-state index in [1.54, 1.807) is 12.1 Å². The van der Waals surface area contributed by atoms with Crippen LogP contribution in [0.2, 0.25) is 0 Å². The molecule has 3 heterocycles. The fourth-order valence-electron chi connectivity index (χ4n) is 4.70. The molecule has 148 valence electrons. The van der Waals surface area contributed by atoms with Gasteiger partial charge in [0.2, 0.25) is 5.91 Å². The molecular formula is C23H27FN2O2. The smallest absolute Gasteiger partial charge is 0.233 e. The monoisotopic (exact) mass is 382 g/mol. The average molecular weight is 382 g/mol. The number of halogens is 1. The minimum absolute atomic E-state index is 0.0617. The molecular weight excluding hydrogens is 355 g/mol. The van der Waals surface area contributed by atoms with Crippen molar-refractivity contribution in [2.24, 2.45) is 5.92 Å². The molecule has 1 aromatic heterocycles. The first-order valence-electron chi connectivity index (χ1n) is 10.2. The third-order valence-electron chi connectivity index (χ3n) is 6.18. The molecule has 2 aromatic rings. The van der Waals surface area contributed by atoms with Crippen molar-refractivity contribution in [2.75, 3.05) is 26.3 Å². The molecule has 0 radical (unpaired) electrons. The first-order chi connectivity index (χ1) is 13.7. The van der Waals surface area contributed by atoms with E-state index < -0.39 is 5.41 Å². The average Bonchev–Trinajstić information content (AvgIpc) is 2.75. The lowest BCUT2D eigenvalue weighted by molar-refractivity contribution is -0.143. The second kappa shape index (κ2) is 8.39. The van der Waals surface area contributed by atoms with Crippen molar-refractivity contribution < 1.29 is 13.9 Å². The van der Waals surface area contributed by atoms with E-state index in [0.717, 1.165) is 31.5 Å². The Morgan fingerprint density at radius 1 is 1.18 bits per heavy atom. The van der Waals surface area contributed by atoms with Crippen molar-refractivity contribution in [1.82, 2.24) is 9.88 Å². The van der Waals surface area contributed by atoms with E-state index in [9.17, 15) is 9.18 Å². The number of pyridine rings is 1. The Morgan fingerprint density at radius 2 is 1.96 bits per heavy atom. The number of aromatic nitrogens is 1. The molecule has 1 amide bonds. The Kier molecular flexibility index (Phi) is 5.72. The minimum Gasteiger partial charge on any atom is -0.381 e. The number of piperidine rings is 1. The van der Waals surface area contributed by atoms with Crippen LogP contribution in [-0.4, -0.2) is 42.1 Å². The van der Waals surface area contributed by atoms with E-state index in [1.165, 1.54) is 6.07 Å². The Morgan fingerprint density at radius 3 is 2.71 bits per heavy atom. The lowest BCUT2D eigenvalue weighted by Crippen LogP contribution is -2.53. The van der Waals surface area contributed by atoms with Crippen LogP contribution in [-0.2, 0) is 21.4 Å². The topological polar surface area (TPSA) is 42.4 Å². The molecule has 2 aliphatic heterocycles. The maximum absolute atomic E-state index is 14.7. The number of carbonyl (C=O) groups is 1. The molecule has 0 aliphatic carbocycles. The van der Waals surface area contributed by atoms with Gasteiger partial charge in [0.05, 0.1) is 5.41 Å². The van der Waals surface area contributed by atoms with Gasteiger partial charge in [-0.3, -0.25) is 9.78 Å². The minimum atomic E-state index is -0.809. The van der Waals surface area contributed by atoms with E-state index in [0.29, 0.717) is 44.1 Å². The first-order valence-corrected chi connectivity index (χ1v) is 10.2. The molecule has 1 aromatic carbocycles. The van der Waals surface area contributed by atoms with Gasteiger partial charge in [-0.05, 0) is 56.2 Å². The fourth-order valence-corrected chi connectivity index (χ4v) is 4.70. The molecule has 5 heteroatoms. The van der Waals surface area contributed by atoms with E-state index in [2.05, 4.69) is 4.98 Å². The third-order valence-corrected chi connectivity index (χ3v) is 6.18. The van der Waals surface area contributed by atoms with E-state index >= 15 is 0 Å². The largest absolute Gasteiger partial charge is 0.381 e. The highest BCUT2D eigenvalue weighted by Crippen LogP contribution is 2.39. The summed E-state index contributed by atoms with van der Waals surface area (Å²) in [6.07, 6.45) is 5.84. The number of amides is 1. The van der Waals surface area contributed by atoms with Crippen LogP contribution in [0.4, 0.5) is 4.39 Å². The van der Waals surface area contributed by atoms with Crippen molar-refractivity contribution >= 4 is 5.91 Å². The van der Waals surface area contributed by atoms with E-state index in [4.69, 9.17) is 4.74 Å². The van der Waals surface area contributed by atoms with Crippen LogP contribution in [0.15, 0.2) is 48.7 Å². The summed E-state index contributed by atoms with van der Waals surface area (Å²) in [5.74, 6) is 0.163. The second-order valence-corrected chi connectivity index (χ2v) is 7.96. The van der Waals surface area contributed by atoms with Crippen molar-refractivity contribution in [3.8, 4) is 0 Å². The summed E-state index contributed by atoms with van der Waals surface area (Å²) in [7, 11) is 0. The summed E-state index contributed by atoms with van der Waals surface area (Å²) in [5.41, 5.74) is 0.781. The van der Waals surface area contributed by atoms with Gasteiger partial charge in [-0.1, -0.05) is 24.3 Å². The summed E-state index contributed by atoms with van der Waals surface area (Å²) in [6, 6.07) is 12.7. The van der Waals surface area contributed by atoms with E-state index in [-0.39, 0.29) is 11.7 Å². The lowest BCUT2D eigenvalue weighted by Gasteiger charge is -2.43. The summed E-state index contributed by atoms with van der Waals surface area (Å²) < 4.78 is 20.2. The highest BCUT2D eigenvalue weighted by atomic mass is 19.1. The van der Waals surface area contributed by atoms with Gasteiger partial charge in [-0.15, -0.1) is 0 Å². The fraction of sp³-hybridized carbons (Fsp3) is 0.478. The number of hydrogen-bond donors (Lipinski definition) is 0. The van der Waals surface area contributed by atoms with Crippen LogP contribution in [0.3, 0.4) is 0 Å². The van der Waals surface area contributed by atoms with Crippen molar-refractivity contribution in [3.63, 3.8) is 0 Å². The SMILES string of the molecule is O=C(N1CCC[C@H](Cc2ccccn2)C1)C1(c2ccccc2F)CCOCC1. The summed E-state index contributed by atoms with van der Waals surface area (Å²) >= 11 is 0. The van der Waals surface area contributed by atoms with Gasteiger partial charge in [-0.2, -0.15) is 0 Å². The van der Waals surface area contributed by atoms with Crippen LogP contribution in [0.5, 0.6) is 0 Å². The molecule has 0 unspecified atom stereocenters. The summed E-state index contributed by atoms with van der Waals surface area (Å²) in [5, 5.41) is 0. The zero-order chi connectivity index (χ0) is 19.4. The molecule has 0 saturated carbocycles. The maximum atomic E-state index is 14.7. The number of rotatable bonds is 4. The zero-order valence-electron chi connectivity index (χ0n) is 16.1. The van der Waals surface area contributed by atoms with Crippen molar-refractivity contribution in [2.45, 2.75) is 37.5 Å². The van der Waals surface area contributed by atoms with Gasteiger partial charge < -0.3 is 9.64 Å². The number of hydrogen-bond acceptors (Lipinski definition) is 3. The zero-order valence-corrected chi connectivity index (χ0v) is 16.1. The van der Waals surface area contributed by atoms with Crippen molar-refractivity contribution in [1.29, 1.82) is 0 Å². The predicted octanol–water partition coefficient (Wildman–Crippen LogP) is 3.75. The molecule has 0 spiro atoms. The summed E-state index contributed by atoms with van der Waals surface area (Å²) in [4.78, 5) is 20.1. The Balaban J connectivity index is 1.56. The molecule has 28 heavy (non-hydrogen) atoms. The summed E-state index contributed by atoms with van der Waals surface area (Å²) in [6.45, 7) is 2.44. The highest BCUT2D eigenvalue weighted by molar-refractivity contribution is 5.88. The van der Waals surface area contributed by atoms with Crippen LogP contribution in [0, 0.1) is 11.7 Å². The first kappa shape index (κ1) is 19.1. The molecule has 0 bridgehead atoms. The van der Waals surface area contributed by atoms with Gasteiger partial charge in [0.1, 0.15) is 5.82 Å². The van der Waals surface area contributed by atoms with Crippen molar-refractivity contribution in [3.05, 3.63) is 65.7 Å². The molecule has 4 nitrogen and oxygen atoms in total. The number of ether oxygens (including phenoxy) is 1. The van der Waals surface area contributed by atoms with Gasteiger partial charge in [-0.25, -0.2) is 4.39 Å². The number of nitrogens with zero attached hydrogens (tertiary/aromatic N) is 2. The van der Waals surface area contributed by atoms with Crippen LogP contribution < -0.4 is 0 Å². The second-order valence-electron chi connectivity index (χ2n) is 7.96. The molecule has 1 atom stereocenters. The lowest BCUT2D eigenvalue weighted by atomic mass is 9.72. The van der Waals surface area contributed by atoms with E-state index in [1.807, 2.05) is 35.4 Å². The number of benzene rings is 1. The molecule has 2 saturated heterocycles. The molecule has 2 aliphatic rings. The van der Waals surface area contributed by atoms with Crippen LogP contribution >= 0.6 is 0 Å². The Labute approximate surface area is 165 Å². The van der Waals surface area contributed by atoms with Crippen LogP contribution in [0.1, 0.15) is 36.9 Å². The quantitative estimate of drug-likeness (QED) is 0.809.